The monoisotopic (exact) mass is 463 g/mol. The smallest absolute Gasteiger partial charge is 0.229 e. The molecule has 0 saturated carbocycles. The topological polar surface area (TPSA) is 55.3 Å². The van der Waals surface area contributed by atoms with Crippen LogP contribution in [0.1, 0.15) is 24.6 Å². The van der Waals surface area contributed by atoms with Gasteiger partial charge in [-0.05, 0) is 60.5 Å². The Bertz CT molecular complexity index is 1180. The van der Waals surface area contributed by atoms with E-state index in [0.717, 1.165) is 38.1 Å². The average Bonchev–Trinajstić information content (AvgIpc) is 3.26. The summed E-state index contributed by atoms with van der Waals surface area (Å²) in [7, 11) is 1.65. The van der Waals surface area contributed by atoms with Crippen molar-refractivity contribution in [3.63, 3.8) is 0 Å². The number of nitrogens with zero attached hydrogens (tertiary/aromatic N) is 3. The number of thiazole rings is 1. The molecule has 0 aliphatic carbocycles. The first-order valence-electron chi connectivity index (χ1n) is 10.5. The zero-order chi connectivity index (χ0) is 22.3. The van der Waals surface area contributed by atoms with Gasteiger partial charge in [-0.15, -0.1) is 11.8 Å². The van der Waals surface area contributed by atoms with Gasteiger partial charge >= 0.3 is 0 Å². The van der Waals surface area contributed by atoms with Crippen LogP contribution in [0.2, 0.25) is 0 Å². The molecule has 7 heteroatoms. The van der Waals surface area contributed by atoms with Crippen molar-refractivity contribution in [1.29, 1.82) is 0 Å². The number of methoxy groups -OCH3 is 1. The van der Waals surface area contributed by atoms with Gasteiger partial charge in [-0.25, -0.2) is 4.98 Å². The van der Waals surface area contributed by atoms with Crippen LogP contribution in [-0.2, 0) is 17.8 Å². The molecule has 0 aliphatic heterocycles. The van der Waals surface area contributed by atoms with Crippen molar-refractivity contribution in [1.82, 2.24) is 9.97 Å². The van der Waals surface area contributed by atoms with E-state index >= 15 is 0 Å². The predicted octanol–water partition coefficient (Wildman–Crippen LogP) is 5.98. The third-order valence-corrected chi connectivity index (χ3v) is 7.13. The molecule has 0 unspecified atom stereocenters. The molecule has 164 valence electrons. The highest BCUT2D eigenvalue weighted by Gasteiger charge is 2.20. The number of rotatable bonds is 9. The fourth-order valence-electron chi connectivity index (χ4n) is 3.27. The molecule has 0 fully saturated rings. The number of carbonyl (C=O) groups is 1. The Morgan fingerprint density at radius 1 is 1.12 bits per heavy atom. The number of benzene rings is 2. The first-order chi connectivity index (χ1) is 15.7. The Labute approximate surface area is 196 Å². The lowest BCUT2D eigenvalue weighted by Crippen LogP contribution is -2.30. The van der Waals surface area contributed by atoms with Crippen molar-refractivity contribution in [3.05, 3.63) is 78.1 Å². The molecule has 0 spiro atoms. The third kappa shape index (κ3) is 5.47. The van der Waals surface area contributed by atoms with E-state index in [9.17, 15) is 4.79 Å². The fourth-order valence-corrected chi connectivity index (χ4v) is 5.16. The number of hydrogen-bond donors (Lipinski definition) is 0. The summed E-state index contributed by atoms with van der Waals surface area (Å²) >= 11 is 3.22. The first kappa shape index (κ1) is 22.3. The molecule has 4 rings (SSSR count). The SMILES string of the molecule is CCc1ccc2nc(N(Cc3ccccn3)C(=O)CCSc3ccc(OC)cc3)sc2c1. The van der Waals surface area contributed by atoms with E-state index in [1.165, 1.54) is 5.56 Å². The minimum absolute atomic E-state index is 0.0476. The van der Waals surface area contributed by atoms with Crippen LogP contribution < -0.4 is 9.64 Å². The van der Waals surface area contributed by atoms with E-state index in [1.807, 2.05) is 48.5 Å². The largest absolute Gasteiger partial charge is 0.497 e. The molecular formula is C25H25N3O2S2. The van der Waals surface area contributed by atoms with Crippen molar-refractivity contribution in [2.45, 2.75) is 31.2 Å². The van der Waals surface area contributed by atoms with E-state index in [2.05, 4.69) is 24.0 Å². The van der Waals surface area contributed by atoms with E-state index in [4.69, 9.17) is 9.72 Å². The molecule has 0 aliphatic rings. The maximum Gasteiger partial charge on any atom is 0.229 e. The maximum absolute atomic E-state index is 13.3. The zero-order valence-corrected chi connectivity index (χ0v) is 19.8. The number of carbonyl (C=O) groups excluding carboxylic acids is 1. The number of thioether (sulfide) groups is 1. The second-order valence-electron chi connectivity index (χ2n) is 7.23. The Morgan fingerprint density at radius 2 is 1.97 bits per heavy atom. The number of fused-ring (bicyclic) bond motifs is 1. The number of aryl methyl sites for hydroxylation is 1. The molecule has 32 heavy (non-hydrogen) atoms. The molecule has 2 heterocycles. The van der Waals surface area contributed by atoms with Gasteiger partial charge in [0.05, 0.1) is 29.6 Å². The number of hydrogen-bond acceptors (Lipinski definition) is 6. The summed E-state index contributed by atoms with van der Waals surface area (Å²) in [4.78, 5) is 25.3. The van der Waals surface area contributed by atoms with E-state index in [-0.39, 0.29) is 5.91 Å². The standard InChI is InChI=1S/C25H25N3O2S2/c1-3-18-7-12-22-23(16-18)32-25(27-22)28(17-19-6-4-5-14-26-19)24(29)13-15-31-21-10-8-20(30-2)9-11-21/h4-12,14,16H,3,13,15,17H2,1-2H3. The van der Waals surface area contributed by atoms with E-state index < -0.39 is 0 Å². The summed E-state index contributed by atoms with van der Waals surface area (Å²) < 4.78 is 6.31. The van der Waals surface area contributed by atoms with Gasteiger partial charge in [-0.2, -0.15) is 0 Å². The van der Waals surface area contributed by atoms with Crippen molar-refractivity contribution in [2.24, 2.45) is 0 Å². The van der Waals surface area contributed by atoms with Gasteiger partial charge in [-0.3, -0.25) is 14.7 Å². The normalized spacial score (nSPS) is 10.9. The van der Waals surface area contributed by atoms with Gasteiger partial charge in [0, 0.05) is 23.3 Å². The summed E-state index contributed by atoms with van der Waals surface area (Å²) in [5, 5.41) is 0.721. The Kier molecular flexibility index (Phi) is 7.39. The van der Waals surface area contributed by atoms with Crippen LogP contribution in [0.5, 0.6) is 5.75 Å². The molecule has 2 aromatic heterocycles. The molecule has 0 radical (unpaired) electrons. The van der Waals surface area contributed by atoms with Gasteiger partial charge in [0.1, 0.15) is 5.75 Å². The number of pyridine rings is 1. The number of ether oxygens (including phenoxy) is 1. The van der Waals surface area contributed by atoms with Gasteiger partial charge in [0.15, 0.2) is 5.13 Å². The molecule has 0 atom stereocenters. The summed E-state index contributed by atoms with van der Waals surface area (Å²) in [6.45, 7) is 2.55. The highest BCUT2D eigenvalue weighted by Crippen LogP contribution is 2.31. The van der Waals surface area contributed by atoms with E-state index in [0.29, 0.717) is 18.7 Å². The first-order valence-corrected chi connectivity index (χ1v) is 12.3. The van der Waals surface area contributed by atoms with Gasteiger partial charge in [0.25, 0.3) is 0 Å². The van der Waals surface area contributed by atoms with Crippen LogP contribution in [0.15, 0.2) is 71.8 Å². The summed E-state index contributed by atoms with van der Waals surface area (Å²) in [5.41, 5.74) is 3.04. The lowest BCUT2D eigenvalue weighted by molar-refractivity contribution is -0.118. The van der Waals surface area contributed by atoms with Gasteiger partial charge in [0.2, 0.25) is 5.91 Å². The molecule has 0 saturated heterocycles. The number of amides is 1. The highest BCUT2D eigenvalue weighted by molar-refractivity contribution is 7.99. The second kappa shape index (κ2) is 10.6. The Morgan fingerprint density at radius 3 is 2.69 bits per heavy atom. The Hall–Kier alpha value is -2.90. The molecule has 0 N–H and O–H groups in total. The van der Waals surface area contributed by atoms with Crippen LogP contribution in [0, 0.1) is 0 Å². The Balaban J connectivity index is 1.51. The zero-order valence-electron chi connectivity index (χ0n) is 18.2. The van der Waals surface area contributed by atoms with Crippen LogP contribution in [0.25, 0.3) is 10.2 Å². The maximum atomic E-state index is 13.3. The lowest BCUT2D eigenvalue weighted by atomic mass is 10.2. The van der Waals surface area contributed by atoms with Crippen molar-refractivity contribution in [3.8, 4) is 5.75 Å². The van der Waals surface area contributed by atoms with Crippen LogP contribution in [0.4, 0.5) is 5.13 Å². The fraction of sp³-hybridized carbons (Fsp3) is 0.240. The predicted molar refractivity (Wildman–Crippen MR) is 133 cm³/mol. The second-order valence-corrected chi connectivity index (χ2v) is 9.40. The van der Waals surface area contributed by atoms with E-state index in [1.54, 1.807) is 41.3 Å². The van der Waals surface area contributed by atoms with Crippen LogP contribution >= 0.6 is 23.1 Å². The quantitative estimate of drug-likeness (QED) is 0.286. The van der Waals surface area contributed by atoms with Crippen molar-refractivity contribution < 1.29 is 9.53 Å². The van der Waals surface area contributed by atoms with Crippen LogP contribution in [0.3, 0.4) is 0 Å². The minimum Gasteiger partial charge on any atom is -0.497 e. The summed E-state index contributed by atoms with van der Waals surface area (Å²) in [5.74, 6) is 1.56. The molecule has 1 amide bonds. The highest BCUT2D eigenvalue weighted by atomic mass is 32.2. The molecule has 0 bridgehead atoms. The third-order valence-electron chi connectivity index (χ3n) is 5.07. The minimum atomic E-state index is 0.0476. The lowest BCUT2D eigenvalue weighted by Gasteiger charge is -2.19. The van der Waals surface area contributed by atoms with Gasteiger partial charge < -0.3 is 4.74 Å². The molecule has 5 nitrogen and oxygen atoms in total. The van der Waals surface area contributed by atoms with Crippen molar-refractivity contribution in [2.75, 3.05) is 17.8 Å². The summed E-state index contributed by atoms with van der Waals surface area (Å²) in [6.07, 6.45) is 3.14. The summed E-state index contributed by atoms with van der Waals surface area (Å²) in [6, 6.07) is 20.0. The van der Waals surface area contributed by atoms with Gasteiger partial charge in [-0.1, -0.05) is 30.4 Å². The number of aromatic nitrogens is 2. The molecule has 4 aromatic rings. The number of anilines is 1. The van der Waals surface area contributed by atoms with Crippen molar-refractivity contribution >= 4 is 44.4 Å². The molecular weight excluding hydrogens is 438 g/mol. The average molecular weight is 464 g/mol. The van der Waals surface area contributed by atoms with Crippen LogP contribution in [-0.4, -0.2) is 28.7 Å². The molecule has 2 aromatic carbocycles.